The summed E-state index contributed by atoms with van der Waals surface area (Å²) >= 11 is 19.0. The van der Waals surface area contributed by atoms with Crippen LogP contribution in [0.3, 0.4) is 0 Å². The highest BCUT2D eigenvalue weighted by atomic mass is 35.5. The third-order valence-corrected chi connectivity index (χ3v) is 9.00. The Balaban J connectivity index is 2.18. The zero-order chi connectivity index (χ0) is 22.8. The summed E-state index contributed by atoms with van der Waals surface area (Å²) in [7, 11) is -3.94. The molecule has 2 N–H and O–H groups in total. The summed E-state index contributed by atoms with van der Waals surface area (Å²) in [6, 6.07) is 15.5. The monoisotopic (exact) mass is 517 g/mol. The van der Waals surface area contributed by atoms with Gasteiger partial charge in [-0.15, -0.1) is 11.3 Å². The van der Waals surface area contributed by atoms with Crippen LogP contribution in [-0.4, -0.2) is 19.6 Å². The number of nitrogens with one attached hydrogen (secondary N) is 1. The molecule has 2 atom stereocenters. The number of aliphatic hydroxyl groups is 1. The Hall–Kier alpha value is -1.12. The molecule has 0 amide bonds. The van der Waals surface area contributed by atoms with Crippen LogP contribution in [0.25, 0.3) is 0 Å². The van der Waals surface area contributed by atoms with Gasteiger partial charge in [0.2, 0.25) is 10.0 Å². The second kappa shape index (κ2) is 9.79. The summed E-state index contributed by atoms with van der Waals surface area (Å²) in [6.07, 6.45) is 0.627. The molecule has 2 aromatic carbocycles. The Morgan fingerprint density at radius 3 is 1.81 bits per heavy atom. The normalized spacial score (nSPS) is 14.4. The van der Waals surface area contributed by atoms with Crippen molar-refractivity contribution in [2.75, 3.05) is 0 Å². The van der Waals surface area contributed by atoms with Crippen molar-refractivity contribution in [2.24, 2.45) is 5.92 Å². The Labute approximate surface area is 201 Å². The van der Waals surface area contributed by atoms with Crippen LogP contribution in [0.5, 0.6) is 0 Å². The molecule has 0 radical (unpaired) electrons. The van der Waals surface area contributed by atoms with Gasteiger partial charge in [0, 0.05) is 10.0 Å². The first-order chi connectivity index (χ1) is 14.6. The number of hydrogen-bond donors (Lipinski definition) is 2. The predicted octanol–water partition coefficient (Wildman–Crippen LogP) is 6.34. The molecule has 0 unspecified atom stereocenters. The Morgan fingerprint density at radius 2 is 1.42 bits per heavy atom. The third kappa shape index (κ3) is 5.28. The van der Waals surface area contributed by atoms with E-state index in [4.69, 9.17) is 34.8 Å². The van der Waals surface area contributed by atoms with Gasteiger partial charge < -0.3 is 5.11 Å². The van der Waals surface area contributed by atoms with Crippen molar-refractivity contribution in [3.63, 3.8) is 0 Å². The first-order valence-electron chi connectivity index (χ1n) is 9.60. The molecule has 0 fully saturated rings. The minimum absolute atomic E-state index is 0.0837. The van der Waals surface area contributed by atoms with Crippen LogP contribution in [0.2, 0.25) is 14.4 Å². The maximum absolute atomic E-state index is 13.2. The summed E-state index contributed by atoms with van der Waals surface area (Å²) in [4.78, 5) is 0. The molecular formula is C22H22Cl3NO3S2. The van der Waals surface area contributed by atoms with Crippen molar-refractivity contribution in [3.8, 4) is 0 Å². The third-order valence-electron chi connectivity index (χ3n) is 5.33. The maximum Gasteiger partial charge on any atom is 0.250 e. The maximum atomic E-state index is 13.2. The number of rotatable bonds is 8. The minimum Gasteiger partial charge on any atom is -0.379 e. The van der Waals surface area contributed by atoms with E-state index in [-0.39, 0.29) is 10.1 Å². The molecule has 0 saturated heterocycles. The van der Waals surface area contributed by atoms with E-state index in [9.17, 15) is 13.5 Å². The van der Waals surface area contributed by atoms with E-state index in [1.54, 1.807) is 48.5 Å². The highest BCUT2D eigenvalue weighted by molar-refractivity contribution is 7.91. The summed E-state index contributed by atoms with van der Waals surface area (Å²) in [6.45, 7) is 3.84. The molecule has 3 rings (SSSR count). The van der Waals surface area contributed by atoms with Gasteiger partial charge in [-0.2, -0.15) is 0 Å². The number of hydrogen-bond acceptors (Lipinski definition) is 4. The standard InChI is InChI=1S/C22H22Cl3NO3S2/c1-3-14(2)21(26-31(28,29)20-13-12-19(25)30-20)22(27,15-4-8-17(23)9-5-15)16-6-10-18(24)11-7-16/h4-14,21,26-27H,3H2,1-2H3/t14-,21-/m0/s1. The fourth-order valence-electron chi connectivity index (χ4n) is 3.45. The molecular weight excluding hydrogens is 497 g/mol. The summed E-state index contributed by atoms with van der Waals surface area (Å²) in [5.74, 6) is -0.221. The number of benzene rings is 2. The molecule has 0 aliphatic carbocycles. The van der Waals surface area contributed by atoms with Crippen LogP contribution in [-0.2, 0) is 15.6 Å². The van der Waals surface area contributed by atoms with Gasteiger partial charge in [0.1, 0.15) is 9.81 Å². The average molecular weight is 519 g/mol. The molecule has 31 heavy (non-hydrogen) atoms. The van der Waals surface area contributed by atoms with Crippen molar-refractivity contribution in [1.82, 2.24) is 4.72 Å². The van der Waals surface area contributed by atoms with Crippen LogP contribution in [0.1, 0.15) is 31.4 Å². The van der Waals surface area contributed by atoms with Crippen LogP contribution < -0.4 is 4.72 Å². The SMILES string of the molecule is CC[C@H](C)[C@H](NS(=O)(=O)c1ccc(Cl)s1)C(O)(c1ccc(Cl)cc1)c1ccc(Cl)cc1. The van der Waals surface area contributed by atoms with E-state index in [0.29, 0.717) is 31.9 Å². The first kappa shape index (κ1) is 24.5. The highest BCUT2D eigenvalue weighted by Crippen LogP contribution is 2.39. The molecule has 0 bridgehead atoms. The van der Waals surface area contributed by atoms with Gasteiger partial charge in [-0.1, -0.05) is 79.3 Å². The van der Waals surface area contributed by atoms with Gasteiger partial charge in [-0.05, 0) is 53.4 Å². The van der Waals surface area contributed by atoms with Gasteiger partial charge >= 0.3 is 0 Å². The van der Waals surface area contributed by atoms with Gasteiger partial charge in [-0.3, -0.25) is 0 Å². The lowest BCUT2D eigenvalue weighted by molar-refractivity contribution is 0.0247. The van der Waals surface area contributed by atoms with E-state index in [0.717, 1.165) is 11.3 Å². The number of halogens is 3. The molecule has 166 valence electrons. The number of sulfonamides is 1. The molecule has 1 heterocycles. The quantitative estimate of drug-likeness (QED) is 0.366. The molecule has 3 aromatic rings. The lowest BCUT2D eigenvalue weighted by Crippen LogP contribution is -2.54. The van der Waals surface area contributed by atoms with Crippen molar-refractivity contribution < 1.29 is 13.5 Å². The van der Waals surface area contributed by atoms with E-state index in [2.05, 4.69) is 4.72 Å². The van der Waals surface area contributed by atoms with E-state index in [1.165, 1.54) is 12.1 Å². The highest BCUT2D eigenvalue weighted by Gasteiger charge is 2.45. The average Bonchev–Trinajstić information content (AvgIpc) is 3.19. The van der Waals surface area contributed by atoms with Gasteiger partial charge in [0.05, 0.1) is 10.4 Å². The van der Waals surface area contributed by atoms with E-state index < -0.39 is 21.7 Å². The van der Waals surface area contributed by atoms with Gasteiger partial charge in [0.15, 0.2) is 0 Å². The van der Waals surface area contributed by atoms with Crippen molar-refractivity contribution in [1.29, 1.82) is 0 Å². The van der Waals surface area contributed by atoms with Crippen molar-refractivity contribution in [3.05, 3.63) is 86.2 Å². The molecule has 1 aromatic heterocycles. The number of thiophene rings is 1. The molecule has 4 nitrogen and oxygen atoms in total. The van der Waals surface area contributed by atoms with Crippen LogP contribution in [0.4, 0.5) is 0 Å². The fraction of sp³-hybridized carbons (Fsp3) is 0.273. The summed E-state index contributed by atoms with van der Waals surface area (Å²) in [5, 5.41) is 13.2. The smallest absolute Gasteiger partial charge is 0.250 e. The summed E-state index contributed by atoms with van der Waals surface area (Å²) < 4.78 is 29.6. The van der Waals surface area contributed by atoms with Crippen LogP contribution in [0.15, 0.2) is 64.9 Å². The zero-order valence-electron chi connectivity index (χ0n) is 16.8. The van der Waals surface area contributed by atoms with Crippen LogP contribution >= 0.6 is 46.1 Å². The molecule has 0 aliphatic rings. The van der Waals surface area contributed by atoms with E-state index in [1.807, 2.05) is 13.8 Å². The lowest BCUT2D eigenvalue weighted by Gasteiger charge is -2.40. The van der Waals surface area contributed by atoms with Gasteiger partial charge in [-0.25, -0.2) is 13.1 Å². The van der Waals surface area contributed by atoms with E-state index >= 15 is 0 Å². The van der Waals surface area contributed by atoms with Crippen molar-refractivity contribution >= 4 is 56.2 Å². The molecule has 0 saturated carbocycles. The largest absolute Gasteiger partial charge is 0.379 e. The van der Waals surface area contributed by atoms with Crippen molar-refractivity contribution in [2.45, 2.75) is 36.1 Å². The topological polar surface area (TPSA) is 66.4 Å². The Morgan fingerprint density at radius 1 is 0.935 bits per heavy atom. The lowest BCUT2D eigenvalue weighted by atomic mass is 9.75. The second-order valence-electron chi connectivity index (χ2n) is 7.32. The molecule has 9 heteroatoms. The fourth-order valence-corrected chi connectivity index (χ4v) is 6.57. The van der Waals surface area contributed by atoms with Gasteiger partial charge in [0.25, 0.3) is 0 Å². The zero-order valence-corrected chi connectivity index (χ0v) is 20.8. The summed E-state index contributed by atoms with van der Waals surface area (Å²) in [5.41, 5.74) is -0.661. The Bertz CT molecular complexity index is 1080. The molecule has 0 aliphatic heterocycles. The second-order valence-corrected chi connectivity index (χ2v) is 11.9. The van der Waals surface area contributed by atoms with Crippen LogP contribution in [0, 0.1) is 5.92 Å². The Kier molecular flexibility index (Phi) is 7.75. The predicted molar refractivity (Wildman–Crippen MR) is 129 cm³/mol. The first-order valence-corrected chi connectivity index (χ1v) is 13.0. The minimum atomic E-state index is -3.94. The molecule has 0 spiro atoms.